The van der Waals surface area contributed by atoms with Gasteiger partial charge in [-0.25, -0.2) is 13.4 Å². The average molecular weight is 388 g/mol. The van der Waals surface area contributed by atoms with Gasteiger partial charge in [-0.05, 0) is 42.5 Å². The van der Waals surface area contributed by atoms with Crippen molar-refractivity contribution in [1.82, 2.24) is 10.4 Å². The van der Waals surface area contributed by atoms with E-state index >= 15 is 0 Å². The van der Waals surface area contributed by atoms with Crippen LogP contribution in [0, 0.1) is 0 Å². The molecule has 128 valence electrons. The van der Waals surface area contributed by atoms with E-state index < -0.39 is 15.9 Å². The highest BCUT2D eigenvalue weighted by atomic mass is 35.5. The standard InChI is InChI=1S/C15H15Cl2N3O3S/c1-20(2)18-15(21)13-9-12(7-8-14(13)17)24(22,23)19-11-5-3-10(16)4-6-11/h3-9,19H,1-2H3,(H,18,21). The van der Waals surface area contributed by atoms with Crippen molar-refractivity contribution in [1.29, 1.82) is 0 Å². The molecule has 0 aromatic heterocycles. The zero-order valence-corrected chi connectivity index (χ0v) is 15.2. The van der Waals surface area contributed by atoms with Crippen molar-refractivity contribution in [3.63, 3.8) is 0 Å². The van der Waals surface area contributed by atoms with E-state index in [-0.39, 0.29) is 15.5 Å². The molecule has 0 saturated heterocycles. The molecule has 24 heavy (non-hydrogen) atoms. The summed E-state index contributed by atoms with van der Waals surface area (Å²) in [7, 11) is -0.606. The SMILES string of the molecule is CN(C)NC(=O)c1cc(S(=O)(=O)Nc2ccc(Cl)cc2)ccc1Cl. The lowest BCUT2D eigenvalue weighted by Crippen LogP contribution is -2.36. The van der Waals surface area contributed by atoms with E-state index in [1.54, 1.807) is 26.2 Å². The number of amides is 1. The maximum atomic E-state index is 12.5. The molecule has 2 N–H and O–H groups in total. The van der Waals surface area contributed by atoms with Gasteiger partial charge >= 0.3 is 0 Å². The first-order valence-corrected chi connectivity index (χ1v) is 8.99. The van der Waals surface area contributed by atoms with Gasteiger partial charge in [-0.3, -0.25) is 14.9 Å². The number of rotatable bonds is 5. The van der Waals surface area contributed by atoms with Crippen LogP contribution in [0.2, 0.25) is 10.0 Å². The van der Waals surface area contributed by atoms with Gasteiger partial charge in [0.1, 0.15) is 0 Å². The quantitative estimate of drug-likeness (QED) is 0.772. The summed E-state index contributed by atoms with van der Waals surface area (Å²) in [5.74, 6) is -0.506. The van der Waals surface area contributed by atoms with Gasteiger partial charge in [-0.2, -0.15) is 0 Å². The van der Waals surface area contributed by atoms with Crippen LogP contribution in [0.4, 0.5) is 5.69 Å². The van der Waals surface area contributed by atoms with Crippen molar-refractivity contribution in [3.8, 4) is 0 Å². The Bertz CT molecular complexity index is 853. The number of nitrogens with zero attached hydrogens (tertiary/aromatic N) is 1. The minimum Gasteiger partial charge on any atom is -0.285 e. The van der Waals surface area contributed by atoms with Crippen LogP contribution >= 0.6 is 23.2 Å². The average Bonchev–Trinajstić information content (AvgIpc) is 2.49. The highest BCUT2D eigenvalue weighted by Crippen LogP contribution is 2.23. The highest BCUT2D eigenvalue weighted by Gasteiger charge is 2.19. The number of carbonyl (C=O) groups excluding carboxylic acids is 1. The third-order valence-corrected chi connectivity index (χ3v) is 4.87. The number of halogens is 2. The molecule has 0 aliphatic carbocycles. The van der Waals surface area contributed by atoms with E-state index in [1.165, 1.54) is 35.3 Å². The Kier molecular flexibility index (Phi) is 5.71. The maximum absolute atomic E-state index is 12.5. The molecule has 2 aromatic rings. The zero-order valence-electron chi connectivity index (χ0n) is 12.9. The van der Waals surface area contributed by atoms with Gasteiger partial charge in [-0.1, -0.05) is 23.2 Å². The van der Waals surface area contributed by atoms with Crippen molar-refractivity contribution in [2.24, 2.45) is 0 Å². The van der Waals surface area contributed by atoms with Gasteiger partial charge in [0.2, 0.25) is 0 Å². The van der Waals surface area contributed by atoms with Gasteiger partial charge in [-0.15, -0.1) is 0 Å². The number of anilines is 1. The monoisotopic (exact) mass is 387 g/mol. The predicted molar refractivity (Wildman–Crippen MR) is 94.9 cm³/mol. The molecule has 0 saturated carbocycles. The molecule has 2 rings (SSSR count). The minimum absolute atomic E-state index is 0.0596. The number of sulfonamides is 1. The second-order valence-electron chi connectivity index (χ2n) is 5.09. The largest absolute Gasteiger partial charge is 0.285 e. The van der Waals surface area contributed by atoms with Gasteiger partial charge < -0.3 is 0 Å². The number of hydrogen-bond acceptors (Lipinski definition) is 4. The van der Waals surface area contributed by atoms with Crippen molar-refractivity contribution < 1.29 is 13.2 Å². The highest BCUT2D eigenvalue weighted by molar-refractivity contribution is 7.92. The normalized spacial score (nSPS) is 11.4. The number of nitrogens with one attached hydrogen (secondary N) is 2. The molecule has 0 bridgehead atoms. The first-order valence-electron chi connectivity index (χ1n) is 6.75. The van der Waals surface area contributed by atoms with Crippen molar-refractivity contribution in [2.45, 2.75) is 4.90 Å². The lowest BCUT2D eigenvalue weighted by atomic mass is 10.2. The minimum atomic E-state index is -3.87. The Hall–Kier alpha value is -1.80. The van der Waals surface area contributed by atoms with Crippen molar-refractivity contribution in [2.75, 3.05) is 18.8 Å². The predicted octanol–water partition coefficient (Wildman–Crippen LogP) is 3.00. The molecular weight excluding hydrogens is 373 g/mol. The fraction of sp³-hybridized carbons (Fsp3) is 0.133. The van der Waals surface area contributed by atoms with E-state index in [4.69, 9.17) is 23.2 Å². The zero-order chi connectivity index (χ0) is 17.9. The molecule has 6 nitrogen and oxygen atoms in total. The number of benzene rings is 2. The first-order chi connectivity index (χ1) is 11.2. The lowest BCUT2D eigenvalue weighted by Gasteiger charge is -2.14. The van der Waals surface area contributed by atoms with E-state index in [2.05, 4.69) is 10.1 Å². The Morgan fingerprint density at radius 1 is 1.04 bits per heavy atom. The summed E-state index contributed by atoms with van der Waals surface area (Å²) in [5, 5.41) is 2.08. The Balaban J connectivity index is 2.33. The summed E-state index contributed by atoms with van der Waals surface area (Å²) in [4.78, 5) is 12.0. The Morgan fingerprint density at radius 2 is 1.67 bits per heavy atom. The van der Waals surface area contributed by atoms with Crippen molar-refractivity contribution >= 4 is 44.8 Å². The van der Waals surface area contributed by atoms with Gasteiger partial charge in [0.25, 0.3) is 15.9 Å². The molecule has 0 atom stereocenters. The molecule has 0 aliphatic heterocycles. The van der Waals surface area contributed by atoms with E-state index in [0.29, 0.717) is 10.7 Å². The third kappa shape index (κ3) is 4.61. The van der Waals surface area contributed by atoms with Crippen LogP contribution in [0.5, 0.6) is 0 Å². The molecule has 0 heterocycles. The van der Waals surface area contributed by atoms with Gasteiger partial charge in [0, 0.05) is 24.8 Å². The number of hydrazine groups is 1. The van der Waals surface area contributed by atoms with Crippen LogP contribution in [-0.2, 0) is 10.0 Å². The molecular formula is C15H15Cl2N3O3S. The molecule has 0 radical (unpaired) electrons. The molecule has 0 aliphatic rings. The first kappa shape index (κ1) is 18.5. The van der Waals surface area contributed by atoms with Crippen LogP contribution < -0.4 is 10.1 Å². The summed E-state index contributed by atoms with van der Waals surface area (Å²) >= 11 is 11.8. The Labute approximate surface area is 150 Å². The fourth-order valence-corrected chi connectivity index (χ4v) is 3.25. The summed E-state index contributed by atoms with van der Waals surface area (Å²) in [6.07, 6.45) is 0. The topological polar surface area (TPSA) is 78.5 Å². The maximum Gasteiger partial charge on any atom is 0.267 e. The molecule has 2 aromatic carbocycles. The summed E-state index contributed by atoms with van der Waals surface area (Å²) in [5.41, 5.74) is 2.93. The molecule has 0 fully saturated rings. The molecule has 9 heteroatoms. The van der Waals surface area contributed by atoms with E-state index in [0.717, 1.165) is 0 Å². The summed E-state index contributed by atoms with van der Waals surface area (Å²) in [6.45, 7) is 0. The fourth-order valence-electron chi connectivity index (χ4n) is 1.84. The lowest BCUT2D eigenvalue weighted by molar-refractivity contribution is 0.0857. The van der Waals surface area contributed by atoms with E-state index in [1.807, 2.05) is 0 Å². The van der Waals surface area contributed by atoms with Crippen molar-refractivity contribution in [3.05, 3.63) is 58.1 Å². The van der Waals surface area contributed by atoms with Gasteiger partial charge in [0.15, 0.2) is 0 Å². The van der Waals surface area contributed by atoms with Crippen LogP contribution in [0.1, 0.15) is 10.4 Å². The second kappa shape index (κ2) is 7.40. The second-order valence-corrected chi connectivity index (χ2v) is 7.62. The van der Waals surface area contributed by atoms with Gasteiger partial charge in [0.05, 0.1) is 15.5 Å². The molecule has 0 spiro atoms. The summed E-state index contributed by atoms with van der Waals surface area (Å²) in [6, 6.07) is 10.1. The van der Waals surface area contributed by atoms with Crippen LogP contribution in [-0.4, -0.2) is 33.4 Å². The van der Waals surface area contributed by atoms with Crippen LogP contribution in [0.25, 0.3) is 0 Å². The number of hydrogen-bond donors (Lipinski definition) is 2. The van der Waals surface area contributed by atoms with Crippen LogP contribution in [0.15, 0.2) is 47.4 Å². The van der Waals surface area contributed by atoms with Crippen LogP contribution in [0.3, 0.4) is 0 Å². The number of carbonyl (C=O) groups is 1. The van der Waals surface area contributed by atoms with E-state index in [9.17, 15) is 13.2 Å². The third-order valence-electron chi connectivity index (χ3n) is 2.91. The molecule has 0 unspecified atom stereocenters. The Morgan fingerprint density at radius 3 is 2.25 bits per heavy atom. The molecule has 1 amide bonds. The smallest absolute Gasteiger partial charge is 0.267 e. The summed E-state index contributed by atoms with van der Waals surface area (Å²) < 4.78 is 27.3.